The molecular weight excluding hydrogens is 370 g/mol. The Labute approximate surface area is 169 Å². The summed E-state index contributed by atoms with van der Waals surface area (Å²) < 4.78 is 0. The molecule has 1 aliphatic rings. The summed E-state index contributed by atoms with van der Waals surface area (Å²) in [5.74, 6) is -0.578. The second-order valence-corrected chi connectivity index (χ2v) is 7.68. The van der Waals surface area contributed by atoms with E-state index in [0.717, 1.165) is 11.1 Å². The molecule has 2 amide bonds. The van der Waals surface area contributed by atoms with Crippen molar-refractivity contribution in [2.75, 3.05) is 4.90 Å². The zero-order valence-corrected chi connectivity index (χ0v) is 16.6. The Kier molecular flexibility index (Phi) is 6.17. The molecule has 1 atom stereocenters. The summed E-state index contributed by atoms with van der Waals surface area (Å²) in [6.07, 6.45) is 0.625. The fourth-order valence-electron chi connectivity index (χ4n) is 2.91. The Hall–Kier alpha value is -3.04. The standard InChI is InChI=1S/C22H21N3O2S/c1-3-19-21(27)25(17-11-9-15(2)10-12-17)22(28-19)18(13-23)20(26)24-14-16-7-5-4-6-8-16/h4-12,19H,3,14H2,1-2H3,(H,24,26)/b22-18+/t19-/m0/s1. The monoisotopic (exact) mass is 391 g/mol. The van der Waals surface area contributed by atoms with Crippen LogP contribution >= 0.6 is 11.8 Å². The van der Waals surface area contributed by atoms with E-state index in [9.17, 15) is 14.9 Å². The van der Waals surface area contributed by atoms with Crippen LogP contribution in [0.15, 0.2) is 65.2 Å². The van der Waals surface area contributed by atoms with E-state index >= 15 is 0 Å². The summed E-state index contributed by atoms with van der Waals surface area (Å²) >= 11 is 1.28. The van der Waals surface area contributed by atoms with E-state index < -0.39 is 5.91 Å². The fraction of sp³-hybridized carbons (Fsp3) is 0.227. The third kappa shape index (κ3) is 4.10. The molecule has 0 aliphatic carbocycles. The van der Waals surface area contributed by atoms with Gasteiger partial charge in [0.1, 0.15) is 16.7 Å². The Morgan fingerprint density at radius 3 is 2.46 bits per heavy atom. The first-order chi connectivity index (χ1) is 13.5. The maximum Gasteiger partial charge on any atom is 0.264 e. The highest BCUT2D eigenvalue weighted by molar-refractivity contribution is 8.05. The largest absolute Gasteiger partial charge is 0.347 e. The van der Waals surface area contributed by atoms with Crippen molar-refractivity contribution in [3.63, 3.8) is 0 Å². The Balaban J connectivity index is 1.93. The van der Waals surface area contributed by atoms with Crippen molar-refractivity contribution in [3.8, 4) is 6.07 Å². The Morgan fingerprint density at radius 2 is 1.86 bits per heavy atom. The molecule has 142 valence electrons. The highest BCUT2D eigenvalue weighted by Gasteiger charge is 2.39. The van der Waals surface area contributed by atoms with Gasteiger partial charge in [-0.05, 0) is 31.0 Å². The highest BCUT2D eigenvalue weighted by atomic mass is 32.2. The van der Waals surface area contributed by atoms with Crippen LogP contribution in [0.2, 0.25) is 0 Å². The summed E-state index contributed by atoms with van der Waals surface area (Å²) in [6, 6.07) is 19.0. The van der Waals surface area contributed by atoms with Gasteiger partial charge in [-0.1, -0.05) is 66.7 Å². The molecule has 0 radical (unpaired) electrons. The lowest BCUT2D eigenvalue weighted by atomic mass is 10.2. The molecule has 0 bridgehead atoms. The first kappa shape index (κ1) is 19.7. The smallest absolute Gasteiger partial charge is 0.264 e. The molecule has 0 saturated carbocycles. The van der Waals surface area contributed by atoms with Gasteiger partial charge in [0.05, 0.1) is 5.25 Å². The lowest BCUT2D eigenvalue weighted by molar-refractivity contribution is -0.117. The van der Waals surface area contributed by atoms with E-state index in [-0.39, 0.29) is 16.7 Å². The molecule has 2 aromatic carbocycles. The number of amides is 2. The molecular formula is C22H21N3O2S. The van der Waals surface area contributed by atoms with E-state index in [2.05, 4.69) is 5.32 Å². The number of rotatable bonds is 5. The average Bonchev–Trinajstić information content (AvgIpc) is 3.04. The number of anilines is 1. The van der Waals surface area contributed by atoms with Crippen molar-refractivity contribution >= 4 is 29.3 Å². The molecule has 5 nitrogen and oxygen atoms in total. The maximum absolute atomic E-state index is 12.9. The second kappa shape index (κ2) is 8.77. The van der Waals surface area contributed by atoms with E-state index in [0.29, 0.717) is 23.7 Å². The van der Waals surface area contributed by atoms with E-state index in [1.807, 2.05) is 74.5 Å². The number of nitrogens with zero attached hydrogens (tertiary/aromatic N) is 2. The number of carbonyl (C=O) groups is 2. The molecule has 6 heteroatoms. The summed E-state index contributed by atoms with van der Waals surface area (Å²) in [4.78, 5) is 27.1. The van der Waals surface area contributed by atoms with Crippen LogP contribution in [0.25, 0.3) is 0 Å². The van der Waals surface area contributed by atoms with Crippen LogP contribution < -0.4 is 10.2 Å². The van der Waals surface area contributed by atoms with Gasteiger partial charge in [-0.25, -0.2) is 0 Å². The lowest BCUT2D eigenvalue weighted by Gasteiger charge is -2.19. The van der Waals surface area contributed by atoms with Gasteiger partial charge in [0.2, 0.25) is 5.91 Å². The Bertz CT molecular complexity index is 946. The number of benzene rings is 2. The van der Waals surface area contributed by atoms with Crippen LogP contribution in [-0.4, -0.2) is 17.1 Å². The molecule has 0 spiro atoms. The van der Waals surface area contributed by atoms with Crippen molar-refractivity contribution in [2.45, 2.75) is 32.1 Å². The predicted molar refractivity (Wildman–Crippen MR) is 111 cm³/mol. The summed E-state index contributed by atoms with van der Waals surface area (Å²) in [6.45, 7) is 4.21. The number of thioether (sulfide) groups is 1. The summed E-state index contributed by atoms with van der Waals surface area (Å²) in [5.41, 5.74) is 2.64. The number of carbonyl (C=O) groups excluding carboxylic acids is 2. The van der Waals surface area contributed by atoms with Crippen LogP contribution in [0, 0.1) is 18.3 Å². The van der Waals surface area contributed by atoms with Gasteiger partial charge in [0.15, 0.2) is 0 Å². The van der Waals surface area contributed by atoms with Crippen molar-refractivity contribution < 1.29 is 9.59 Å². The van der Waals surface area contributed by atoms with Gasteiger partial charge < -0.3 is 5.32 Å². The number of nitriles is 1. The van der Waals surface area contributed by atoms with Gasteiger partial charge in [-0.15, -0.1) is 0 Å². The van der Waals surface area contributed by atoms with E-state index in [1.165, 1.54) is 16.7 Å². The minimum atomic E-state index is -0.476. The summed E-state index contributed by atoms with van der Waals surface area (Å²) in [7, 11) is 0. The molecule has 1 aliphatic heterocycles. The van der Waals surface area contributed by atoms with Crippen LogP contribution in [0.4, 0.5) is 5.69 Å². The molecule has 1 fully saturated rings. The fourth-order valence-corrected chi connectivity index (χ4v) is 4.11. The maximum atomic E-state index is 12.9. The van der Waals surface area contributed by atoms with Crippen molar-refractivity contribution in [1.29, 1.82) is 5.26 Å². The molecule has 2 aromatic rings. The first-order valence-corrected chi connectivity index (χ1v) is 9.97. The van der Waals surface area contributed by atoms with Crippen LogP contribution in [-0.2, 0) is 16.1 Å². The number of aryl methyl sites for hydroxylation is 1. The minimum Gasteiger partial charge on any atom is -0.347 e. The highest BCUT2D eigenvalue weighted by Crippen LogP contribution is 2.41. The van der Waals surface area contributed by atoms with Gasteiger partial charge >= 0.3 is 0 Å². The van der Waals surface area contributed by atoms with Crippen LogP contribution in [0.1, 0.15) is 24.5 Å². The quantitative estimate of drug-likeness (QED) is 0.620. The molecule has 3 rings (SSSR count). The van der Waals surface area contributed by atoms with Gasteiger partial charge in [-0.3, -0.25) is 14.5 Å². The summed E-state index contributed by atoms with van der Waals surface area (Å²) in [5, 5.41) is 12.6. The average molecular weight is 391 g/mol. The number of hydrogen-bond donors (Lipinski definition) is 1. The third-order valence-electron chi connectivity index (χ3n) is 4.46. The predicted octanol–water partition coefficient (Wildman–Crippen LogP) is 3.91. The van der Waals surface area contributed by atoms with Crippen molar-refractivity contribution in [1.82, 2.24) is 5.32 Å². The second-order valence-electron chi connectivity index (χ2n) is 6.48. The van der Waals surface area contributed by atoms with Crippen LogP contribution in [0.3, 0.4) is 0 Å². The molecule has 0 aromatic heterocycles. The molecule has 28 heavy (non-hydrogen) atoms. The zero-order valence-electron chi connectivity index (χ0n) is 15.8. The van der Waals surface area contributed by atoms with Crippen molar-refractivity contribution in [2.24, 2.45) is 0 Å². The normalized spacial score (nSPS) is 18.0. The number of nitrogens with one attached hydrogen (secondary N) is 1. The molecule has 0 unspecified atom stereocenters. The first-order valence-electron chi connectivity index (χ1n) is 9.09. The minimum absolute atomic E-state index is 0.0363. The SMILES string of the molecule is CC[C@@H]1S/C(=C(\C#N)C(=O)NCc2ccccc2)N(c2ccc(C)cc2)C1=O. The molecule has 1 N–H and O–H groups in total. The Morgan fingerprint density at radius 1 is 1.18 bits per heavy atom. The van der Waals surface area contributed by atoms with E-state index in [4.69, 9.17) is 0 Å². The lowest BCUT2D eigenvalue weighted by Crippen LogP contribution is -2.31. The van der Waals surface area contributed by atoms with Gasteiger partial charge in [0.25, 0.3) is 5.91 Å². The molecule has 1 saturated heterocycles. The number of hydrogen-bond acceptors (Lipinski definition) is 4. The van der Waals surface area contributed by atoms with Gasteiger partial charge in [0, 0.05) is 12.2 Å². The third-order valence-corrected chi connectivity index (χ3v) is 5.89. The van der Waals surface area contributed by atoms with Crippen molar-refractivity contribution in [3.05, 3.63) is 76.3 Å². The topological polar surface area (TPSA) is 73.2 Å². The van der Waals surface area contributed by atoms with Crippen LogP contribution in [0.5, 0.6) is 0 Å². The molecule has 1 heterocycles. The van der Waals surface area contributed by atoms with Gasteiger partial charge in [-0.2, -0.15) is 5.26 Å². The van der Waals surface area contributed by atoms with E-state index in [1.54, 1.807) is 0 Å². The zero-order chi connectivity index (χ0) is 20.1.